The molecule has 0 spiro atoms. The van der Waals surface area contributed by atoms with Crippen LogP contribution in [0.2, 0.25) is 0 Å². The van der Waals surface area contributed by atoms with Crippen molar-refractivity contribution in [2.75, 3.05) is 19.6 Å². The van der Waals surface area contributed by atoms with Gasteiger partial charge < -0.3 is 5.32 Å². The van der Waals surface area contributed by atoms with E-state index in [0.717, 1.165) is 18.0 Å². The number of rotatable bonds is 5. The lowest BCUT2D eigenvalue weighted by molar-refractivity contribution is 0.157. The molecule has 0 radical (unpaired) electrons. The molecule has 2 fully saturated rings. The molecule has 19 heavy (non-hydrogen) atoms. The first kappa shape index (κ1) is 15.3. The van der Waals surface area contributed by atoms with E-state index in [2.05, 4.69) is 37.9 Å². The third kappa shape index (κ3) is 4.46. The Kier molecular flexibility index (Phi) is 5.30. The Bertz CT molecular complexity index is 266. The summed E-state index contributed by atoms with van der Waals surface area (Å²) in [5.41, 5.74) is 0.552. The van der Waals surface area contributed by atoms with E-state index in [1.807, 2.05) is 0 Å². The van der Waals surface area contributed by atoms with E-state index in [1.54, 1.807) is 0 Å². The van der Waals surface area contributed by atoms with Crippen LogP contribution in [-0.4, -0.2) is 36.6 Å². The predicted octanol–water partition coefficient (Wildman–Crippen LogP) is 3.67. The van der Waals surface area contributed by atoms with E-state index in [4.69, 9.17) is 0 Å². The van der Waals surface area contributed by atoms with Gasteiger partial charge in [0.25, 0.3) is 0 Å². The van der Waals surface area contributed by atoms with Gasteiger partial charge in [-0.3, -0.25) is 4.90 Å². The fraction of sp³-hybridized carbons (Fsp3) is 1.00. The summed E-state index contributed by atoms with van der Waals surface area (Å²) in [5, 5.41) is 3.89. The van der Waals surface area contributed by atoms with Crippen LogP contribution in [0.1, 0.15) is 66.2 Å². The van der Waals surface area contributed by atoms with Gasteiger partial charge >= 0.3 is 0 Å². The highest BCUT2D eigenvalue weighted by molar-refractivity contribution is 4.86. The van der Waals surface area contributed by atoms with Crippen LogP contribution in [0.4, 0.5) is 0 Å². The minimum absolute atomic E-state index is 0.552. The van der Waals surface area contributed by atoms with Gasteiger partial charge in [0.05, 0.1) is 0 Å². The highest BCUT2D eigenvalue weighted by Crippen LogP contribution is 2.35. The Morgan fingerprint density at radius 3 is 2.42 bits per heavy atom. The minimum atomic E-state index is 0.552. The van der Waals surface area contributed by atoms with Crippen LogP contribution < -0.4 is 5.32 Å². The number of hydrogen-bond acceptors (Lipinski definition) is 2. The number of nitrogens with zero attached hydrogens (tertiary/aromatic N) is 1. The smallest absolute Gasteiger partial charge is 0.0243 e. The van der Waals surface area contributed by atoms with Crippen molar-refractivity contribution in [1.82, 2.24) is 10.2 Å². The van der Waals surface area contributed by atoms with Gasteiger partial charge in [-0.1, -0.05) is 34.1 Å². The van der Waals surface area contributed by atoms with Crippen LogP contribution in [-0.2, 0) is 0 Å². The lowest BCUT2D eigenvalue weighted by Crippen LogP contribution is -2.48. The Morgan fingerprint density at radius 1 is 1.16 bits per heavy atom. The molecule has 2 unspecified atom stereocenters. The molecule has 1 N–H and O–H groups in total. The van der Waals surface area contributed by atoms with E-state index >= 15 is 0 Å². The Balaban J connectivity index is 1.81. The average molecular weight is 266 g/mol. The van der Waals surface area contributed by atoms with Crippen LogP contribution in [0.15, 0.2) is 0 Å². The molecule has 1 saturated heterocycles. The maximum absolute atomic E-state index is 3.89. The van der Waals surface area contributed by atoms with Crippen molar-refractivity contribution >= 4 is 0 Å². The molecule has 1 aliphatic heterocycles. The molecular formula is C17H34N2. The normalized spacial score (nSPS) is 29.8. The van der Waals surface area contributed by atoms with E-state index < -0.39 is 0 Å². The molecule has 2 heteroatoms. The van der Waals surface area contributed by atoms with Crippen LogP contribution >= 0.6 is 0 Å². The summed E-state index contributed by atoms with van der Waals surface area (Å²) >= 11 is 0. The van der Waals surface area contributed by atoms with Crippen molar-refractivity contribution in [1.29, 1.82) is 0 Å². The van der Waals surface area contributed by atoms with Gasteiger partial charge in [0.15, 0.2) is 0 Å². The second-order valence-corrected chi connectivity index (χ2v) is 7.92. The van der Waals surface area contributed by atoms with Crippen LogP contribution in [0, 0.1) is 11.3 Å². The molecule has 112 valence electrons. The van der Waals surface area contributed by atoms with Gasteiger partial charge in [0, 0.05) is 18.6 Å². The van der Waals surface area contributed by atoms with Gasteiger partial charge in [0.1, 0.15) is 0 Å². The zero-order valence-corrected chi connectivity index (χ0v) is 13.5. The lowest BCUT2D eigenvalue weighted by atomic mass is 9.75. The molecule has 2 atom stereocenters. The summed E-state index contributed by atoms with van der Waals surface area (Å²) in [5.74, 6) is 0.766. The summed E-state index contributed by atoms with van der Waals surface area (Å²) in [7, 11) is 0. The van der Waals surface area contributed by atoms with Crippen molar-refractivity contribution in [2.45, 2.75) is 78.3 Å². The van der Waals surface area contributed by atoms with Gasteiger partial charge in [-0.05, 0) is 56.5 Å². The van der Waals surface area contributed by atoms with E-state index in [0.29, 0.717) is 5.41 Å². The average Bonchev–Trinajstić information content (AvgIpc) is 2.81. The van der Waals surface area contributed by atoms with Gasteiger partial charge in [-0.15, -0.1) is 0 Å². The number of likely N-dealkylation sites (tertiary alicyclic amines) is 1. The van der Waals surface area contributed by atoms with Crippen molar-refractivity contribution in [3.05, 3.63) is 0 Å². The van der Waals surface area contributed by atoms with Crippen molar-refractivity contribution < 1.29 is 0 Å². The molecular weight excluding hydrogens is 232 g/mol. The monoisotopic (exact) mass is 266 g/mol. The zero-order valence-electron chi connectivity index (χ0n) is 13.5. The summed E-state index contributed by atoms with van der Waals surface area (Å²) < 4.78 is 0. The van der Waals surface area contributed by atoms with Crippen LogP contribution in [0.25, 0.3) is 0 Å². The van der Waals surface area contributed by atoms with Crippen LogP contribution in [0.3, 0.4) is 0 Å². The highest BCUT2D eigenvalue weighted by Gasteiger charge is 2.29. The molecule has 0 aromatic carbocycles. The standard InChI is InChI=1S/C17H34N2/c1-14(2)16(19-10-5-6-11-19)13-18-15-8-7-9-17(3,4)12-15/h14-16,18H,5-13H2,1-4H3. The summed E-state index contributed by atoms with van der Waals surface area (Å²) in [6, 6.07) is 1.50. The number of nitrogens with one attached hydrogen (secondary N) is 1. The first-order valence-electron chi connectivity index (χ1n) is 8.45. The van der Waals surface area contributed by atoms with Gasteiger partial charge in [-0.2, -0.15) is 0 Å². The third-order valence-electron chi connectivity index (χ3n) is 5.20. The second kappa shape index (κ2) is 6.58. The van der Waals surface area contributed by atoms with Gasteiger partial charge in [0.2, 0.25) is 0 Å². The van der Waals surface area contributed by atoms with E-state index in [9.17, 15) is 0 Å². The first-order chi connectivity index (χ1) is 8.98. The lowest BCUT2D eigenvalue weighted by Gasteiger charge is -2.38. The fourth-order valence-corrected chi connectivity index (χ4v) is 4.02. The van der Waals surface area contributed by atoms with Crippen molar-refractivity contribution in [3.8, 4) is 0 Å². The van der Waals surface area contributed by atoms with Gasteiger partial charge in [-0.25, -0.2) is 0 Å². The first-order valence-corrected chi connectivity index (χ1v) is 8.45. The predicted molar refractivity (Wildman–Crippen MR) is 83.5 cm³/mol. The molecule has 0 aromatic heterocycles. The Labute approximate surface area is 120 Å². The topological polar surface area (TPSA) is 15.3 Å². The number of hydrogen-bond donors (Lipinski definition) is 1. The second-order valence-electron chi connectivity index (χ2n) is 7.92. The Morgan fingerprint density at radius 2 is 1.84 bits per heavy atom. The molecule has 2 rings (SSSR count). The summed E-state index contributed by atoms with van der Waals surface area (Å²) in [6.07, 6.45) is 8.36. The largest absolute Gasteiger partial charge is 0.312 e. The molecule has 1 saturated carbocycles. The Hall–Kier alpha value is -0.0800. The highest BCUT2D eigenvalue weighted by atomic mass is 15.2. The maximum Gasteiger partial charge on any atom is 0.0243 e. The van der Waals surface area contributed by atoms with Crippen LogP contribution in [0.5, 0.6) is 0 Å². The molecule has 0 aromatic rings. The zero-order chi connectivity index (χ0) is 13.9. The fourth-order valence-electron chi connectivity index (χ4n) is 4.02. The molecule has 1 aliphatic carbocycles. The molecule has 1 heterocycles. The van der Waals surface area contributed by atoms with E-state index in [1.165, 1.54) is 58.2 Å². The molecule has 2 aliphatic rings. The minimum Gasteiger partial charge on any atom is -0.312 e. The van der Waals surface area contributed by atoms with Crippen molar-refractivity contribution in [2.24, 2.45) is 11.3 Å². The third-order valence-corrected chi connectivity index (χ3v) is 5.20. The SMILES string of the molecule is CC(C)C(CNC1CCCC(C)(C)C1)N1CCCC1. The molecule has 0 amide bonds. The molecule has 2 nitrogen and oxygen atoms in total. The summed E-state index contributed by atoms with van der Waals surface area (Å²) in [6.45, 7) is 13.5. The quantitative estimate of drug-likeness (QED) is 0.817. The molecule has 0 bridgehead atoms. The summed E-state index contributed by atoms with van der Waals surface area (Å²) in [4.78, 5) is 2.71. The van der Waals surface area contributed by atoms with E-state index in [-0.39, 0.29) is 0 Å². The maximum atomic E-state index is 3.89. The van der Waals surface area contributed by atoms with Crippen molar-refractivity contribution in [3.63, 3.8) is 0 Å².